The number of rotatable bonds is 5. The fourth-order valence-electron chi connectivity index (χ4n) is 3.92. The highest BCUT2D eigenvalue weighted by atomic mass is 19.4. The first-order valence-corrected chi connectivity index (χ1v) is 10.8. The highest BCUT2D eigenvalue weighted by Crippen LogP contribution is 2.48. The number of hydrogen-bond acceptors (Lipinski definition) is 5. The van der Waals surface area contributed by atoms with Crippen LogP contribution in [0.3, 0.4) is 0 Å². The minimum Gasteiger partial charge on any atom is -0.492 e. The van der Waals surface area contributed by atoms with Crippen LogP contribution in [0.1, 0.15) is 36.8 Å². The lowest BCUT2D eigenvalue weighted by Gasteiger charge is -2.20. The first kappa shape index (κ1) is 24.1. The van der Waals surface area contributed by atoms with Gasteiger partial charge in [0, 0.05) is 47.8 Å². The maximum atomic E-state index is 13.2. The lowest BCUT2D eigenvalue weighted by atomic mass is 9.84. The summed E-state index contributed by atoms with van der Waals surface area (Å²) in [5, 5.41) is 0. The molecule has 2 heterocycles. The number of ether oxygens (including phenoxy) is 4. The number of fused-ring (bicyclic) bond motifs is 1. The summed E-state index contributed by atoms with van der Waals surface area (Å²) < 4.78 is 61.1. The number of benzene rings is 2. The summed E-state index contributed by atoms with van der Waals surface area (Å²) in [4.78, 5) is 13.5. The van der Waals surface area contributed by atoms with Gasteiger partial charge in [0.2, 0.25) is 5.91 Å². The predicted octanol–water partition coefficient (Wildman–Crippen LogP) is 5.07. The van der Waals surface area contributed by atoms with E-state index in [4.69, 9.17) is 14.2 Å². The minimum absolute atomic E-state index is 0.192. The molecule has 34 heavy (non-hydrogen) atoms. The average molecular weight is 477 g/mol. The molecular weight excluding hydrogens is 451 g/mol. The van der Waals surface area contributed by atoms with Gasteiger partial charge < -0.3 is 23.8 Å². The van der Waals surface area contributed by atoms with Gasteiger partial charge in [-0.25, -0.2) is 0 Å². The van der Waals surface area contributed by atoms with E-state index in [0.717, 1.165) is 5.56 Å². The molecule has 1 saturated heterocycles. The number of carbonyl (C=O) groups excluding carboxylic acids is 1. The van der Waals surface area contributed by atoms with Gasteiger partial charge in [0.05, 0.1) is 19.8 Å². The molecule has 0 atom stereocenters. The molecule has 0 spiro atoms. The number of likely N-dealkylation sites (N-methyl/N-ethyl adjacent to an activating group) is 1. The van der Waals surface area contributed by atoms with Crippen molar-refractivity contribution in [2.24, 2.45) is 0 Å². The average Bonchev–Trinajstić information content (AvgIpc) is 3.39. The third-order valence-corrected chi connectivity index (χ3v) is 5.69. The zero-order chi connectivity index (χ0) is 24.7. The van der Waals surface area contributed by atoms with E-state index in [-0.39, 0.29) is 22.6 Å². The van der Waals surface area contributed by atoms with Crippen molar-refractivity contribution in [1.29, 1.82) is 0 Å². The van der Waals surface area contributed by atoms with Gasteiger partial charge in [0.15, 0.2) is 6.29 Å². The van der Waals surface area contributed by atoms with Gasteiger partial charge in [-0.1, -0.05) is 19.9 Å². The van der Waals surface area contributed by atoms with Crippen molar-refractivity contribution in [2.75, 3.05) is 33.9 Å². The van der Waals surface area contributed by atoms with Crippen LogP contribution in [0.4, 0.5) is 13.2 Å². The first-order valence-electron chi connectivity index (χ1n) is 10.8. The molecule has 0 N–H and O–H groups in total. The Bertz CT molecular complexity index is 1120. The quantitative estimate of drug-likeness (QED) is 0.563. The van der Waals surface area contributed by atoms with Gasteiger partial charge in [0.1, 0.15) is 11.5 Å². The lowest BCUT2D eigenvalue weighted by molar-refractivity contribution is -0.274. The van der Waals surface area contributed by atoms with Crippen molar-refractivity contribution in [1.82, 2.24) is 4.90 Å². The van der Waals surface area contributed by atoms with Crippen LogP contribution in [0.5, 0.6) is 11.5 Å². The van der Waals surface area contributed by atoms with Crippen molar-refractivity contribution >= 4 is 12.0 Å². The van der Waals surface area contributed by atoms with Crippen LogP contribution in [-0.2, 0) is 19.7 Å². The summed E-state index contributed by atoms with van der Waals surface area (Å²) in [7, 11) is 3.27. The number of amides is 1. The summed E-state index contributed by atoms with van der Waals surface area (Å²) in [6, 6.07) is 7.90. The molecule has 182 valence electrons. The highest BCUT2D eigenvalue weighted by Gasteiger charge is 2.37. The van der Waals surface area contributed by atoms with E-state index < -0.39 is 12.7 Å². The zero-order valence-electron chi connectivity index (χ0n) is 19.4. The topological polar surface area (TPSA) is 57.2 Å². The summed E-state index contributed by atoms with van der Waals surface area (Å²) in [6.07, 6.45) is -2.50. The minimum atomic E-state index is -4.88. The molecule has 4 rings (SSSR count). The van der Waals surface area contributed by atoms with Crippen LogP contribution in [-0.4, -0.2) is 51.1 Å². The van der Waals surface area contributed by atoms with E-state index in [1.54, 1.807) is 32.3 Å². The third kappa shape index (κ3) is 5.05. The zero-order valence-corrected chi connectivity index (χ0v) is 19.4. The van der Waals surface area contributed by atoms with Crippen LogP contribution in [0.25, 0.3) is 17.2 Å². The summed E-state index contributed by atoms with van der Waals surface area (Å²) in [5.41, 5.74) is 2.30. The molecule has 2 aromatic carbocycles. The molecule has 0 aliphatic carbocycles. The van der Waals surface area contributed by atoms with Crippen LogP contribution in [0.15, 0.2) is 36.4 Å². The Kier molecular flexibility index (Phi) is 6.35. The van der Waals surface area contributed by atoms with Crippen molar-refractivity contribution in [3.8, 4) is 22.6 Å². The maximum absolute atomic E-state index is 13.2. The van der Waals surface area contributed by atoms with Crippen molar-refractivity contribution < 1.29 is 36.9 Å². The second kappa shape index (κ2) is 8.96. The molecule has 6 nitrogen and oxygen atoms in total. The predicted molar refractivity (Wildman–Crippen MR) is 119 cm³/mol. The summed E-state index contributed by atoms with van der Waals surface area (Å²) >= 11 is 0. The van der Waals surface area contributed by atoms with Crippen LogP contribution in [0.2, 0.25) is 0 Å². The number of halogens is 3. The fraction of sp³-hybridized carbons (Fsp3) is 0.400. The van der Waals surface area contributed by atoms with Crippen molar-refractivity contribution in [3.63, 3.8) is 0 Å². The smallest absolute Gasteiger partial charge is 0.492 e. The molecule has 1 fully saturated rings. The summed E-state index contributed by atoms with van der Waals surface area (Å²) in [6.45, 7) is 5.14. The van der Waals surface area contributed by atoms with E-state index in [1.165, 1.54) is 23.1 Å². The highest BCUT2D eigenvalue weighted by molar-refractivity contribution is 5.92. The lowest BCUT2D eigenvalue weighted by Crippen LogP contribution is -2.19. The van der Waals surface area contributed by atoms with Crippen LogP contribution < -0.4 is 9.47 Å². The Morgan fingerprint density at radius 3 is 2.47 bits per heavy atom. The largest absolute Gasteiger partial charge is 0.573 e. The van der Waals surface area contributed by atoms with Gasteiger partial charge >= 0.3 is 6.36 Å². The fourth-order valence-corrected chi connectivity index (χ4v) is 3.92. The third-order valence-electron chi connectivity index (χ3n) is 5.69. The standard InChI is InChI=1S/C25H26F3NO5/c1-24(2)14-33-22-18(11-15(12-19(22)24)5-8-21(30)29(3)4)17-13-16(23-31-9-10-32-23)6-7-20(17)34-25(26,27)28/h5-8,11-13,23H,9-10,14H2,1-4H3. The number of hydrogen-bond donors (Lipinski definition) is 0. The molecule has 9 heteroatoms. The van der Waals surface area contributed by atoms with Crippen molar-refractivity contribution in [2.45, 2.75) is 31.9 Å². The molecule has 0 saturated carbocycles. The van der Waals surface area contributed by atoms with E-state index in [2.05, 4.69) is 4.74 Å². The maximum Gasteiger partial charge on any atom is 0.573 e. The number of nitrogens with zero attached hydrogens (tertiary/aromatic N) is 1. The van der Waals surface area contributed by atoms with Crippen molar-refractivity contribution in [3.05, 3.63) is 53.1 Å². The molecule has 2 aromatic rings. The van der Waals surface area contributed by atoms with E-state index in [9.17, 15) is 18.0 Å². The van der Waals surface area contributed by atoms with Gasteiger partial charge in [-0.2, -0.15) is 0 Å². The van der Waals surface area contributed by atoms with E-state index in [1.807, 2.05) is 19.9 Å². The Morgan fingerprint density at radius 1 is 1.12 bits per heavy atom. The van der Waals surface area contributed by atoms with Crippen LogP contribution in [0, 0.1) is 0 Å². The number of alkyl halides is 3. The second-order valence-corrected chi connectivity index (χ2v) is 9.06. The molecule has 0 aromatic heterocycles. The molecule has 0 unspecified atom stereocenters. The normalized spacial score (nSPS) is 17.6. The van der Waals surface area contributed by atoms with Crippen LogP contribution >= 0.6 is 0 Å². The van der Waals surface area contributed by atoms with Gasteiger partial charge in [-0.3, -0.25) is 4.79 Å². The molecular formula is C25H26F3NO5. The Hall–Kier alpha value is -3.04. The Balaban J connectivity index is 1.89. The molecule has 0 radical (unpaired) electrons. The monoisotopic (exact) mass is 477 g/mol. The molecule has 1 amide bonds. The summed E-state index contributed by atoms with van der Waals surface area (Å²) in [5.74, 6) is -0.0926. The molecule has 2 aliphatic rings. The Labute approximate surface area is 195 Å². The van der Waals surface area contributed by atoms with E-state index in [0.29, 0.717) is 42.3 Å². The first-order chi connectivity index (χ1) is 15.9. The van der Waals surface area contributed by atoms with Gasteiger partial charge in [-0.05, 0) is 35.9 Å². The number of carbonyl (C=O) groups is 1. The van der Waals surface area contributed by atoms with Gasteiger partial charge in [0.25, 0.3) is 0 Å². The molecule has 0 bridgehead atoms. The second-order valence-electron chi connectivity index (χ2n) is 9.06. The SMILES string of the molecule is CN(C)C(=O)C=Cc1cc(-c2cc(C3OCCO3)ccc2OC(F)(F)F)c2c(c1)C(C)(C)CO2. The molecule has 2 aliphatic heterocycles. The Morgan fingerprint density at radius 2 is 1.82 bits per heavy atom. The van der Waals surface area contributed by atoms with E-state index >= 15 is 0 Å². The van der Waals surface area contributed by atoms with Gasteiger partial charge in [-0.15, -0.1) is 13.2 Å².